The molecule has 0 fully saturated rings. The molecule has 0 saturated carbocycles. The van der Waals surface area contributed by atoms with E-state index in [1.807, 2.05) is 0 Å². The van der Waals surface area contributed by atoms with Crippen LogP contribution < -0.4 is 16.9 Å². The molecule has 6 N–H and O–H groups in total. The summed E-state index contributed by atoms with van der Waals surface area (Å²) in [7, 11) is 0. The van der Waals surface area contributed by atoms with Gasteiger partial charge in [-0.2, -0.15) is 0 Å². The Morgan fingerprint density at radius 2 is 1.52 bits per heavy atom. The van der Waals surface area contributed by atoms with Crippen LogP contribution in [0, 0.1) is 0 Å². The first-order valence-corrected chi connectivity index (χ1v) is 8.69. The molecule has 2 aromatic carbocycles. The molecule has 0 spiro atoms. The molecule has 2 atom stereocenters. The van der Waals surface area contributed by atoms with Crippen molar-refractivity contribution in [3.05, 3.63) is 69.9 Å². The number of carboxylic acids is 2. The average Bonchev–Trinajstić information content (AvgIpc) is 2.67. The minimum absolute atomic E-state index is 0.0572. The maximum atomic E-state index is 12.7. The van der Waals surface area contributed by atoms with Crippen molar-refractivity contribution in [3.8, 4) is 11.3 Å². The number of hydrogen-bond donors (Lipinski definition) is 4. The van der Waals surface area contributed by atoms with E-state index in [0.717, 1.165) is 0 Å². The van der Waals surface area contributed by atoms with E-state index in [9.17, 15) is 24.6 Å². The second-order valence-corrected chi connectivity index (χ2v) is 7.22. The lowest BCUT2D eigenvalue weighted by Crippen LogP contribution is -2.48. The van der Waals surface area contributed by atoms with Crippen molar-refractivity contribution in [1.29, 1.82) is 0 Å². The maximum absolute atomic E-state index is 12.7. The third kappa shape index (κ3) is 3.28. The summed E-state index contributed by atoms with van der Waals surface area (Å²) in [5, 5.41) is 19.4. The van der Waals surface area contributed by atoms with E-state index in [1.165, 1.54) is 32.0 Å². The van der Waals surface area contributed by atoms with Gasteiger partial charge in [-0.15, -0.1) is 0 Å². The Bertz CT molecular complexity index is 1180. The van der Waals surface area contributed by atoms with E-state index in [0.29, 0.717) is 5.56 Å². The minimum Gasteiger partial charge on any atom is -0.480 e. The van der Waals surface area contributed by atoms with Crippen LogP contribution in [0.5, 0.6) is 0 Å². The SMILES string of the molecule is C[C@@](N)(C(=O)O)c1ccc2c(=O)cc(-c3ccccc3)oc2c1[C@](C)(N)C(=O)O. The van der Waals surface area contributed by atoms with Crippen molar-refractivity contribution >= 4 is 22.9 Å². The van der Waals surface area contributed by atoms with Gasteiger partial charge in [0.05, 0.1) is 5.39 Å². The van der Waals surface area contributed by atoms with Crippen LogP contribution in [-0.2, 0) is 20.7 Å². The van der Waals surface area contributed by atoms with Gasteiger partial charge in [0, 0.05) is 17.2 Å². The number of rotatable bonds is 5. The first kappa shape index (κ1) is 20.2. The molecule has 0 aliphatic rings. The average molecular weight is 396 g/mol. The molecular weight excluding hydrogens is 376 g/mol. The fraction of sp³-hybridized carbons (Fsp3) is 0.190. The summed E-state index contributed by atoms with van der Waals surface area (Å²) in [6.07, 6.45) is 0. The highest BCUT2D eigenvalue weighted by Crippen LogP contribution is 2.36. The lowest BCUT2D eigenvalue weighted by Gasteiger charge is -2.29. The second kappa shape index (κ2) is 6.84. The molecule has 0 saturated heterocycles. The van der Waals surface area contributed by atoms with Crippen molar-refractivity contribution < 1.29 is 24.2 Å². The molecule has 0 aliphatic carbocycles. The number of carbonyl (C=O) groups is 2. The Balaban J connectivity index is 2.51. The summed E-state index contributed by atoms with van der Waals surface area (Å²) in [4.78, 5) is 36.4. The van der Waals surface area contributed by atoms with Gasteiger partial charge in [-0.3, -0.25) is 4.79 Å². The van der Waals surface area contributed by atoms with Gasteiger partial charge in [0.25, 0.3) is 0 Å². The molecule has 3 aromatic rings. The predicted molar refractivity (Wildman–Crippen MR) is 106 cm³/mol. The number of fused-ring (bicyclic) bond motifs is 1. The summed E-state index contributed by atoms with van der Waals surface area (Å²) in [5.74, 6) is -2.63. The third-order valence-electron chi connectivity index (χ3n) is 4.92. The third-order valence-corrected chi connectivity index (χ3v) is 4.92. The Morgan fingerprint density at radius 3 is 2.07 bits per heavy atom. The largest absolute Gasteiger partial charge is 0.480 e. The summed E-state index contributed by atoms with van der Waals surface area (Å²) < 4.78 is 5.92. The molecule has 29 heavy (non-hydrogen) atoms. The summed E-state index contributed by atoms with van der Waals surface area (Å²) >= 11 is 0. The highest BCUT2D eigenvalue weighted by Gasteiger charge is 2.42. The normalized spacial score (nSPS) is 15.4. The second-order valence-electron chi connectivity index (χ2n) is 7.22. The molecule has 0 radical (unpaired) electrons. The van der Waals surface area contributed by atoms with Crippen molar-refractivity contribution in [3.63, 3.8) is 0 Å². The van der Waals surface area contributed by atoms with E-state index in [2.05, 4.69) is 0 Å². The van der Waals surface area contributed by atoms with Crippen molar-refractivity contribution in [2.45, 2.75) is 24.9 Å². The zero-order chi connectivity index (χ0) is 21.6. The smallest absolute Gasteiger partial charge is 0.328 e. The molecule has 0 aliphatic heterocycles. The monoisotopic (exact) mass is 396 g/mol. The Morgan fingerprint density at radius 1 is 0.931 bits per heavy atom. The lowest BCUT2D eigenvalue weighted by atomic mass is 9.80. The van der Waals surface area contributed by atoms with Gasteiger partial charge in [0.1, 0.15) is 22.4 Å². The topological polar surface area (TPSA) is 157 Å². The molecule has 1 aromatic heterocycles. The standard InChI is InChI=1S/C21H20N2O6/c1-20(22,18(25)26)13-9-8-12-14(24)10-15(11-6-4-3-5-7-11)29-17(12)16(13)21(2,23)19(27)28/h3-10H,22-23H2,1-2H3,(H,25,26)(H,27,28)/t20-,21-/m0/s1. The quantitative estimate of drug-likeness (QED) is 0.510. The molecule has 150 valence electrons. The maximum Gasteiger partial charge on any atom is 0.328 e. The lowest BCUT2D eigenvalue weighted by molar-refractivity contribution is -0.144. The minimum atomic E-state index is -2.07. The Hall–Kier alpha value is -3.49. The van der Waals surface area contributed by atoms with Crippen LogP contribution in [0.1, 0.15) is 25.0 Å². The molecule has 8 heteroatoms. The molecule has 0 bridgehead atoms. The van der Waals surface area contributed by atoms with Gasteiger partial charge < -0.3 is 26.1 Å². The Kier molecular flexibility index (Phi) is 4.77. The Labute approximate surface area is 165 Å². The van der Waals surface area contributed by atoms with Crippen LogP contribution in [0.2, 0.25) is 0 Å². The molecule has 0 unspecified atom stereocenters. The van der Waals surface area contributed by atoms with E-state index >= 15 is 0 Å². The van der Waals surface area contributed by atoms with Crippen molar-refractivity contribution in [2.24, 2.45) is 11.5 Å². The van der Waals surface area contributed by atoms with Crippen molar-refractivity contribution in [1.82, 2.24) is 0 Å². The number of nitrogens with two attached hydrogens (primary N) is 2. The molecular formula is C21H20N2O6. The molecule has 3 rings (SSSR count). The van der Waals surface area contributed by atoms with E-state index < -0.39 is 28.4 Å². The van der Waals surface area contributed by atoms with Crippen LogP contribution in [0.15, 0.2) is 57.7 Å². The van der Waals surface area contributed by atoms with Gasteiger partial charge in [-0.25, -0.2) is 9.59 Å². The van der Waals surface area contributed by atoms with Gasteiger partial charge in [-0.05, 0) is 25.5 Å². The van der Waals surface area contributed by atoms with E-state index in [4.69, 9.17) is 15.9 Å². The first-order chi connectivity index (χ1) is 13.5. The molecule has 8 nitrogen and oxygen atoms in total. The van der Waals surface area contributed by atoms with Crippen LogP contribution >= 0.6 is 0 Å². The summed E-state index contributed by atoms with van der Waals surface area (Å²) in [6, 6.07) is 12.7. The van der Waals surface area contributed by atoms with Gasteiger partial charge in [-0.1, -0.05) is 36.4 Å². The van der Waals surface area contributed by atoms with E-state index in [1.54, 1.807) is 30.3 Å². The first-order valence-electron chi connectivity index (χ1n) is 8.69. The summed E-state index contributed by atoms with van der Waals surface area (Å²) in [6.45, 7) is 2.41. The van der Waals surface area contributed by atoms with Crippen molar-refractivity contribution in [2.75, 3.05) is 0 Å². The van der Waals surface area contributed by atoms with Crippen LogP contribution in [-0.4, -0.2) is 22.2 Å². The fourth-order valence-electron chi connectivity index (χ4n) is 3.13. The highest BCUT2D eigenvalue weighted by molar-refractivity contribution is 5.93. The van der Waals surface area contributed by atoms with Gasteiger partial charge in [0.15, 0.2) is 5.43 Å². The number of benzene rings is 2. The number of hydrogen-bond acceptors (Lipinski definition) is 6. The predicted octanol–water partition coefficient (Wildman–Crippen LogP) is 1.98. The van der Waals surface area contributed by atoms with Crippen LogP contribution in [0.25, 0.3) is 22.3 Å². The van der Waals surface area contributed by atoms with E-state index in [-0.39, 0.29) is 27.9 Å². The highest BCUT2D eigenvalue weighted by atomic mass is 16.4. The zero-order valence-corrected chi connectivity index (χ0v) is 15.8. The summed E-state index contributed by atoms with van der Waals surface area (Å²) in [5.41, 5.74) is 7.85. The van der Waals surface area contributed by atoms with Gasteiger partial charge >= 0.3 is 11.9 Å². The molecule has 1 heterocycles. The fourth-order valence-corrected chi connectivity index (χ4v) is 3.13. The zero-order valence-electron chi connectivity index (χ0n) is 15.8. The number of aliphatic carboxylic acids is 2. The number of carboxylic acid groups (broad SMARTS) is 2. The molecule has 0 amide bonds. The van der Waals surface area contributed by atoms with Crippen LogP contribution in [0.3, 0.4) is 0 Å². The van der Waals surface area contributed by atoms with Gasteiger partial charge in [0.2, 0.25) is 0 Å². The van der Waals surface area contributed by atoms with Crippen LogP contribution in [0.4, 0.5) is 0 Å².